The van der Waals surface area contributed by atoms with E-state index < -0.39 is 16.1 Å². The number of hydrogen-bond acceptors (Lipinski definition) is 4. The highest BCUT2D eigenvalue weighted by Gasteiger charge is 2.36. The number of hydrogen-bond donors (Lipinski definition) is 1. The van der Waals surface area contributed by atoms with E-state index in [2.05, 4.69) is 5.32 Å². The van der Waals surface area contributed by atoms with Crippen molar-refractivity contribution in [2.75, 3.05) is 0 Å². The number of rotatable bonds is 1. The summed E-state index contributed by atoms with van der Waals surface area (Å²) < 4.78 is 12.5. The number of halogens is 1. The van der Waals surface area contributed by atoms with Gasteiger partial charge in [0.25, 0.3) is 5.69 Å². The molecule has 19 heavy (non-hydrogen) atoms. The van der Waals surface area contributed by atoms with E-state index in [0.29, 0.717) is 20.9 Å². The van der Waals surface area contributed by atoms with Gasteiger partial charge in [0.15, 0.2) is 9.80 Å². The van der Waals surface area contributed by atoms with Crippen molar-refractivity contribution in [2.24, 2.45) is 0 Å². The molecule has 1 unspecified atom stereocenters. The van der Waals surface area contributed by atoms with Crippen LogP contribution in [0.3, 0.4) is 0 Å². The van der Waals surface area contributed by atoms with E-state index in [-0.39, 0.29) is 10.7 Å². The number of allylic oxidation sites excluding steroid dienone is 2. The molecule has 0 aromatic heterocycles. The number of fused-ring (bicyclic) bond motifs is 2. The Balaban J connectivity index is 2.32. The van der Waals surface area contributed by atoms with Gasteiger partial charge in [-0.25, -0.2) is 0 Å². The van der Waals surface area contributed by atoms with Crippen molar-refractivity contribution in [1.29, 1.82) is 0 Å². The minimum absolute atomic E-state index is 0.0915. The normalized spacial score (nSPS) is 19.8. The molecule has 0 bridgehead atoms. The van der Waals surface area contributed by atoms with Gasteiger partial charge in [0, 0.05) is 29.0 Å². The first-order chi connectivity index (χ1) is 9.09. The van der Waals surface area contributed by atoms with Gasteiger partial charge < -0.3 is 9.87 Å². The highest BCUT2D eigenvalue weighted by molar-refractivity contribution is 7.95. The second kappa shape index (κ2) is 4.41. The summed E-state index contributed by atoms with van der Waals surface area (Å²) in [5.74, 6) is 0. The van der Waals surface area contributed by atoms with Crippen LogP contribution in [-0.4, -0.2) is 9.48 Å². The Morgan fingerprint density at radius 2 is 2.16 bits per heavy atom. The van der Waals surface area contributed by atoms with E-state index in [1.54, 1.807) is 24.6 Å². The molecule has 7 heteroatoms. The Kier molecular flexibility index (Phi) is 2.85. The molecular weight excluding hydrogens is 288 g/mol. The molecule has 1 aromatic carbocycles. The lowest BCUT2D eigenvalue weighted by molar-refractivity contribution is -0.385. The summed E-state index contributed by atoms with van der Waals surface area (Å²) in [6.07, 6.45) is 6.65. The average Bonchev–Trinajstić information content (AvgIpc) is 2.38. The van der Waals surface area contributed by atoms with Crippen LogP contribution in [0.1, 0.15) is 5.56 Å². The van der Waals surface area contributed by atoms with Crippen LogP contribution in [0.4, 0.5) is 5.69 Å². The van der Waals surface area contributed by atoms with E-state index in [4.69, 9.17) is 11.6 Å². The highest BCUT2D eigenvalue weighted by atomic mass is 35.5. The molecule has 2 aliphatic heterocycles. The monoisotopic (exact) mass is 294 g/mol. The fourth-order valence-corrected chi connectivity index (χ4v) is 3.74. The maximum atomic E-state index is 12.5. The summed E-state index contributed by atoms with van der Waals surface area (Å²) in [6, 6.07) is 2.73. The van der Waals surface area contributed by atoms with Crippen LogP contribution in [0.5, 0.6) is 0 Å². The summed E-state index contributed by atoms with van der Waals surface area (Å²) in [4.78, 5) is 11.4. The van der Waals surface area contributed by atoms with Crippen molar-refractivity contribution in [1.82, 2.24) is 5.32 Å². The number of nitro groups is 1. The molecule has 0 aliphatic carbocycles. The third kappa shape index (κ3) is 1.85. The van der Waals surface area contributed by atoms with Crippen molar-refractivity contribution in [2.45, 2.75) is 4.90 Å². The van der Waals surface area contributed by atoms with Crippen LogP contribution < -0.4 is 5.32 Å². The molecule has 0 saturated heterocycles. The Morgan fingerprint density at radius 3 is 2.89 bits per heavy atom. The van der Waals surface area contributed by atoms with Crippen molar-refractivity contribution < 1.29 is 9.48 Å². The van der Waals surface area contributed by atoms with Gasteiger partial charge in [-0.05, 0) is 18.2 Å². The van der Waals surface area contributed by atoms with Crippen molar-refractivity contribution >= 4 is 34.5 Å². The third-order valence-electron chi connectivity index (χ3n) is 2.86. The van der Waals surface area contributed by atoms with Crippen molar-refractivity contribution in [3.8, 4) is 0 Å². The quantitative estimate of drug-likeness (QED) is 0.491. The zero-order valence-corrected chi connectivity index (χ0v) is 11.0. The summed E-state index contributed by atoms with van der Waals surface area (Å²) in [7, 11) is 0. The Morgan fingerprint density at radius 1 is 1.37 bits per heavy atom. The number of benzene rings is 1. The molecular formula is C12H7ClN2O3S. The van der Waals surface area contributed by atoms with E-state index >= 15 is 0 Å². The predicted molar refractivity (Wildman–Crippen MR) is 72.9 cm³/mol. The molecule has 5 nitrogen and oxygen atoms in total. The first-order valence-corrected chi connectivity index (χ1v) is 6.86. The van der Waals surface area contributed by atoms with Gasteiger partial charge in [-0.15, -0.1) is 0 Å². The van der Waals surface area contributed by atoms with Crippen LogP contribution in [0.15, 0.2) is 46.0 Å². The lowest BCUT2D eigenvalue weighted by Gasteiger charge is -2.22. The fraction of sp³-hybridized carbons (Fsp3) is 0. The molecule has 0 radical (unpaired) electrons. The van der Waals surface area contributed by atoms with E-state index in [0.717, 1.165) is 0 Å². The third-order valence-corrected chi connectivity index (χ3v) is 4.86. The molecule has 0 fully saturated rings. The van der Waals surface area contributed by atoms with E-state index in [9.17, 15) is 14.7 Å². The Bertz CT molecular complexity index is 682. The molecule has 3 rings (SSSR count). The SMILES string of the molecule is O=[N+]([O-])c1ccc(Cl)c2c1C=C1C=CNC=C1[S+]2[O-]. The van der Waals surface area contributed by atoms with Crippen LogP contribution in [0.25, 0.3) is 6.08 Å². The summed E-state index contributed by atoms with van der Waals surface area (Å²) in [5, 5.41) is 14.2. The fourth-order valence-electron chi connectivity index (χ4n) is 2.02. The molecule has 2 aliphatic rings. The van der Waals surface area contributed by atoms with Gasteiger partial charge in [-0.1, -0.05) is 11.6 Å². The molecule has 1 atom stereocenters. The summed E-state index contributed by atoms with van der Waals surface area (Å²) in [5.41, 5.74) is 0.913. The lowest BCUT2D eigenvalue weighted by atomic mass is 10.1. The standard InChI is InChI=1S/C12H7ClN2O3S/c13-9-1-2-10(15(16)17)8-5-7-3-4-14-6-11(7)19(18)12(8)9/h1-6,14H. The minimum Gasteiger partial charge on any atom is -0.606 e. The van der Waals surface area contributed by atoms with Gasteiger partial charge in [-0.3, -0.25) is 10.1 Å². The van der Waals surface area contributed by atoms with E-state index in [1.807, 2.05) is 0 Å². The zero-order chi connectivity index (χ0) is 13.6. The number of nitro benzene ring substituents is 1. The van der Waals surface area contributed by atoms with Crippen LogP contribution >= 0.6 is 11.6 Å². The lowest BCUT2D eigenvalue weighted by Crippen LogP contribution is -2.18. The minimum atomic E-state index is -1.53. The summed E-state index contributed by atoms with van der Waals surface area (Å²) in [6.45, 7) is 0. The maximum Gasteiger partial charge on any atom is 0.281 e. The van der Waals surface area contributed by atoms with Crippen LogP contribution in [0, 0.1) is 10.1 Å². The maximum absolute atomic E-state index is 12.5. The second-order valence-corrected chi connectivity index (χ2v) is 5.74. The van der Waals surface area contributed by atoms with Crippen LogP contribution in [0.2, 0.25) is 5.02 Å². The van der Waals surface area contributed by atoms with Gasteiger partial charge in [0.1, 0.15) is 5.56 Å². The summed E-state index contributed by atoms with van der Waals surface area (Å²) >= 11 is 4.51. The molecule has 96 valence electrons. The predicted octanol–water partition coefficient (Wildman–Crippen LogP) is 2.71. The topological polar surface area (TPSA) is 78.2 Å². The Labute approximate surface area is 116 Å². The molecule has 1 N–H and O–H groups in total. The number of nitrogens with one attached hydrogen (secondary N) is 1. The van der Waals surface area contributed by atoms with Gasteiger partial charge >= 0.3 is 0 Å². The first-order valence-electron chi connectivity index (χ1n) is 5.33. The second-order valence-electron chi connectivity index (χ2n) is 3.94. The number of dihydropyridines is 1. The van der Waals surface area contributed by atoms with Crippen molar-refractivity contribution in [3.63, 3.8) is 0 Å². The van der Waals surface area contributed by atoms with E-state index in [1.165, 1.54) is 12.1 Å². The van der Waals surface area contributed by atoms with Gasteiger partial charge in [0.2, 0.25) is 0 Å². The van der Waals surface area contributed by atoms with Crippen LogP contribution in [-0.2, 0) is 11.2 Å². The zero-order valence-electron chi connectivity index (χ0n) is 9.42. The largest absolute Gasteiger partial charge is 0.606 e. The highest BCUT2D eigenvalue weighted by Crippen LogP contribution is 2.43. The first kappa shape index (κ1) is 12.3. The van der Waals surface area contributed by atoms with Gasteiger partial charge in [0.05, 0.1) is 16.1 Å². The Hall–Kier alpha value is -1.76. The molecule has 1 aromatic rings. The van der Waals surface area contributed by atoms with Crippen molar-refractivity contribution in [3.05, 3.63) is 61.8 Å². The molecule has 0 saturated carbocycles. The average molecular weight is 295 g/mol. The number of nitrogens with zero attached hydrogens (tertiary/aromatic N) is 1. The van der Waals surface area contributed by atoms with Gasteiger partial charge in [-0.2, -0.15) is 0 Å². The molecule has 0 spiro atoms. The molecule has 0 amide bonds. The smallest absolute Gasteiger partial charge is 0.281 e. The molecule has 2 heterocycles.